The average molecular weight is 367 g/mol. The van der Waals surface area contributed by atoms with Crippen molar-refractivity contribution in [3.8, 4) is 0 Å². The lowest BCUT2D eigenvalue weighted by Crippen LogP contribution is -2.25. The van der Waals surface area contributed by atoms with Gasteiger partial charge in [0.1, 0.15) is 5.41 Å². The van der Waals surface area contributed by atoms with Gasteiger partial charge in [-0.15, -0.1) is 13.2 Å². The van der Waals surface area contributed by atoms with Crippen LogP contribution in [0.5, 0.6) is 0 Å². The van der Waals surface area contributed by atoms with Gasteiger partial charge in [0.05, 0.1) is 0 Å². The van der Waals surface area contributed by atoms with Crippen molar-refractivity contribution < 1.29 is 19.8 Å². The van der Waals surface area contributed by atoms with Crippen molar-refractivity contribution in [2.75, 3.05) is 0 Å². The summed E-state index contributed by atoms with van der Waals surface area (Å²) in [4.78, 5) is 21.7. The quantitative estimate of drug-likeness (QED) is 0.206. The van der Waals surface area contributed by atoms with Crippen molar-refractivity contribution >= 4 is 11.9 Å². The molecule has 0 amide bonds. The molecule has 0 aliphatic carbocycles. The van der Waals surface area contributed by atoms with Gasteiger partial charge in [0.25, 0.3) is 0 Å². The van der Waals surface area contributed by atoms with E-state index in [2.05, 4.69) is 13.2 Å². The summed E-state index contributed by atoms with van der Waals surface area (Å²) >= 11 is 0. The molecule has 0 heterocycles. The molecule has 0 saturated carbocycles. The zero-order chi connectivity index (χ0) is 19.7. The van der Waals surface area contributed by atoms with Gasteiger partial charge in [0, 0.05) is 6.42 Å². The van der Waals surface area contributed by atoms with Gasteiger partial charge in [-0.2, -0.15) is 0 Å². The lowest BCUT2D eigenvalue weighted by Gasteiger charge is -2.21. The van der Waals surface area contributed by atoms with Gasteiger partial charge < -0.3 is 10.2 Å². The number of unbranched alkanes of at least 4 members (excludes halogenated alkanes) is 12. The van der Waals surface area contributed by atoms with E-state index >= 15 is 0 Å². The predicted octanol–water partition coefficient (Wildman–Crippen LogP) is 6.37. The Hall–Kier alpha value is -1.58. The molecular weight excluding hydrogens is 328 g/mol. The van der Waals surface area contributed by atoms with Crippen LogP contribution in [0.4, 0.5) is 0 Å². The highest BCUT2D eigenvalue weighted by Crippen LogP contribution is 2.28. The van der Waals surface area contributed by atoms with Gasteiger partial charge in [0.15, 0.2) is 0 Å². The fraction of sp³-hybridized carbons (Fsp3) is 0.727. The number of carboxylic acids is 2. The smallest absolute Gasteiger partial charge is 0.317 e. The highest BCUT2D eigenvalue weighted by atomic mass is 16.4. The molecule has 0 aliphatic heterocycles. The van der Waals surface area contributed by atoms with Crippen LogP contribution in [0.1, 0.15) is 96.3 Å². The molecule has 26 heavy (non-hydrogen) atoms. The summed E-state index contributed by atoms with van der Waals surface area (Å²) in [5, 5.41) is 17.8. The summed E-state index contributed by atoms with van der Waals surface area (Å²) in [6.45, 7) is 7.28. The number of hydrogen-bond acceptors (Lipinski definition) is 2. The van der Waals surface area contributed by atoms with E-state index in [0.29, 0.717) is 12.8 Å². The van der Waals surface area contributed by atoms with Crippen LogP contribution in [0.3, 0.4) is 0 Å². The van der Waals surface area contributed by atoms with E-state index in [1.165, 1.54) is 57.1 Å². The summed E-state index contributed by atoms with van der Waals surface area (Å²) in [6.07, 6.45) is 18.8. The molecule has 0 rings (SSSR count). The molecule has 4 heteroatoms. The van der Waals surface area contributed by atoms with Crippen molar-refractivity contribution in [1.29, 1.82) is 0 Å². The molecule has 0 radical (unpaired) electrons. The highest BCUT2D eigenvalue weighted by molar-refractivity contribution is 5.79. The lowest BCUT2D eigenvalue weighted by molar-refractivity contribution is -0.144. The standard InChI is InChI=1S/C22H38O4/c1-3-22(4-2,21(25)26)19-17-15-13-11-9-7-5-6-8-10-12-14-16-18-20(23)24/h3-4H,1-2,5-19H2,(H,23,24)(H,25,26). The Morgan fingerprint density at radius 1 is 0.654 bits per heavy atom. The molecule has 0 fully saturated rings. The van der Waals surface area contributed by atoms with Crippen molar-refractivity contribution in [2.24, 2.45) is 5.41 Å². The minimum Gasteiger partial charge on any atom is -0.481 e. The molecule has 0 aliphatic rings. The van der Waals surface area contributed by atoms with Crippen LogP contribution in [0, 0.1) is 5.41 Å². The van der Waals surface area contributed by atoms with Crippen molar-refractivity contribution in [2.45, 2.75) is 96.3 Å². The zero-order valence-electron chi connectivity index (χ0n) is 16.4. The second-order valence-corrected chi connectivity index (χ2v) is 7.24. The van der Waals surface area contributed by atoms with E-state index in [4.69, 9.17) is 5.11 Å². The second kappa shape index (κ2) is 15.7. The Balaban J connectivity index is 3.39. The van der Waals surface area contributed by atoms with Crippen LogP contribution < -0.4 is 0 Å². The van der Waals surface area contributed by atoms with Gasteiger partial charge in [-0.3, -0.25) is 9.59 Å². The summed E-state index contributed by atoms with van der Waals surface area (Å²) in [5.74, 6) is -1.54. The van der Waals surface area contributed by atoms with Gasteiger partial charge >= 0.3 is 11.9 Å². The summed E-state index contributed by atoms with van der Waals surface area (Å²) in [7, 11) is 0. The first kappa shape index (κ1) is 24.4. The molecule has 4 nitrogen and oxygen atoms in total. The predicted molar refractivity (Wildman–Crippen MR) is 107 cm³/mol. The van der Waals surface area contributed by atoms with Crippen LogP contribution in [0.25, 0.3) is 0 Å². The van der Waals surface area contributed by atoms with Crippen molar-refractivity contribution in [3.63, 3.8) is 0 Å². The lowest BCUT2D eigenvalue weighted by atomic mass is 9.83. The van der Waals surface area contributed by atoms with Crippen LogP contribution in [-0.4, -0.2) is 22.2 Å². The molecule has 0 aromatic rings. The third-order valence-electron chi connectivity index (χ3n) is 5.11. The Bertz CT molecular complexity index is 406. The largest absolute Gasteiger partial charge is 0.481 e. The number of carbonyl (C=O) groups is 2. The number of aliphatic carboxylic acids is 2. The van der Waals surface area contributed by atoms with Crippen LogP contribution in [0.2, 0.25) is 0 Å². The first-order valence-corrected chi connectivity index (χ1v) is 10.2. The second-order valence-electron chi connectivity index (χ2n) is 7.24. The van der Waals surface area contributed by atoms with Gasteiger partial charge in [-0.05, 0) is 12.8 Å². The van der Waals surface area contributed by atoms with E-state index in [9.17, 15) is 14.7 Å². The Morgan fingerprint density at radius 2 is 1.00 bits per heavy atom. The van der Waals surface area contributed by atoms with Gasteiger partial charge in [0.2, 0.25) is 0 Å². The average Bonchev–Trinajstić information content (AvgIpc) is 2.61. The van der Waals surface area contributed by atoms with Gasteiger partial charge in [-0.25, -0.2) is 0 Å². The van der Waals surface area contributed by atoms with Crippen LogP contribution in [-0.2, 0) is 9.59 Å². The normalized spacial score (nSPS) is 11.2. The molecule has 0 spiro atoms. The SMILES string of the molecule is C=CC(C=C)(CCCCCCCCCCCCCCCC(=O)O)C(=O)O. The molecule has 0 aromatic heterocycles. The first-order valence-electron chi connectivity index (χ1n) is 10.2. The van der Waals surface area contributed by atoms with Crippen molar-refractivity contribution in [1.82, 2.24) is 0 Å². The van der Waals surface area contributed by atoms with E-state index in [-0.39, 0.29) is 0 Å². The van der Waals surface area contributed by atoms with E-state index < -0.39 is 17.4 Å². The summed E-state index contributed by atoms with van der Waals surface area (Å²) in [5.41, 5.74) is -0.965. The molecule has 0 saturated heterocycles. The molecule has 0 unspecified atom stereocenters. The Labute approximate surface area is 159 Å². The minimum atomic E-state index is -0.965. The first-order chi connectivity index (χ1) is 12.5. The molecule has 150 valence electrons. The monoisotopic (exact) mass is 366 g/mol. The summed E-state index contributed by atoms with van der Waals surface area (Å²) < 4.78 is 0. The fourth-order valence-electron chi connectivity index (χ4n) is 3.21. The maximum Gasteiger partial charge on any atom is 0.317 e. The maximum atomic E-state index is 11.3. The topological polar surface area (TPSA) is 74.6 Å². The maximum absolute atomic E-state index is 11.3. The Morgan fingerprint density at radius 3 is 1.31 bits per heavy atom. The van der Waals surface area contributed by atoms with E-state index in [1.54, 1.807) is 0 Å². The number of carboxylic acid groups (broad SMARTS) is 2. The molecule has 0 bridgehead atoms. The third-order valence-corrected chi connectivity index (χ3v) is 5.11. The molecular formula is C22H38O4. The Kier molecular flexibility index (Phi) is 14.7. The number of hydrogen-bond donors (Lipinski definition) is 2. The van der Waals surface area contributed by atoms with E-state index in [0.717, 1.165) is 38.5 Å². The third kappa shape index (κ3) is 11.9. The molecule has 0 atom stereocenters. The fourth-order valence-corrected chi connectivity index (χ4v) is 3.21. The van der Waals surface area contributed by atoms with Crippen LogP contribution in [0.15, 0.2) is 25.3 Å². The van der Waals surface area contributed by atoms with Crippen LogP contribution >= 0.6 is 0 Å². The zero-order valence-corrected chi connectivity index (χ0v) is 16.4. The van der Waals surface area contributed by atoms with Crippen molar-refractivity contribution in [3.05, 3.63) is 25.3 Å². The highest BCUT2D eigenvalue weighted by Gasteiger charge is 2.30. The minimum absolute atomic E-state index is 0.304. The number of rotatable bonds is 19. The summed E-state index contributed by atoms with van der Waals surface area (Å²) in [6, 6.07) is 0. The van der Waals surface area contributed by atoms with E-state index in [1.807, 2.05) is 0 Å². The molecule has 0 aromatic carbocycles. The van der Waals surface area contributed by atoms with Gasteiger partial charge in [-0.1, -0.05) is 89.2 Å². The molecule has 2 N–H and O–H groups in total.